The third kappa shape index (κ3) is 41.5. The monoisotopic (exact) mass is 1330 g/mol. The van der Waals surface area contributed by atoms with Crippen LogP contribution in [0.4, 0.5) is 0 Å². The number of hydrogen-bond acceptors (Lipinski definition) is 11. The van der Waals surface area contributed by atoms with Crippen LogP contribution in [0.1, 0.15) is 361 Å². The average Bonchev–Trinajstić information content (AvgIpc) is 1.44. The Hall–Kier alpha value is -0.440. The molecule has 11 nitrogen and oxygen atoms in total. The Morgan fingerprint density at radius 1 is 0.191 bits per heavy atom. The molecule has 0 aromatic rings. The van der Waals surface area contributed by atoms with Crippen molar-refractivity contribution < 1.29 is 4.74 Å². The molecular weight excluding hydrogens is 1150 g/mol. The van der Waals surface area contributed by atoms with Crippen LogP contribution in [0.2, 0.25) is 0 Å². The lowest BCUT2D eigenvalue weighted by Gasteiger charge is -2.45. The van der Waals surface area contributed by atoms with Crippen LogP contribution in [0.3, 0.4) is 0 Å². The van der Waals surface area contributed by atoms with Crippen LogP contribution in [-0.2, 0) is 4.74 Å². The molecule has 0 radical (unpaired) electrons. The van der Waals surface area contributed by atoms with E-state index in [1.807, 2.05) is 0 Å². The lowest BCUT2D eigenvalue weighted by atomic mass is 9.68. The summed E-state index contributed by atoms with van der Waals surface area (Å²) in [6.07, 6.45) is 56.1. The minimum atomic E-state index is 0. The molecule has 0 atom stereocenters. The van der Waals surface area contributed by atoms with Gasteiger partial charge < -0.3 is 57.9 Å². The van der Waals surface area contributed by atoms with E-state index in [2.05, 4.69) is 150 Å². The van der Waals surface area contributed by atoms with Crippen LogP contribution >= 0.6 is 0 Å². The molecule has 566 valence electrons. The van der Waals surface area contributed by atoms with E-state index in [-0.39, 0.29) is 7.43 Å². The maximum absolute atomic E-state index is 5.87. The fraction of sp³-hybridized carbons (Fsp3) is 1.00. The zero-order valence-electron chi connectivity index (χ0n) is 66.0. The van der Waals surface area contributed by atoms with E-state index in [0.717, 1.165) is 41.4 Å². The molecule has 0 unspecified atom stereocenters. The molecule has 3 aliphatic carbocycles. The summed E-state index contributed by atoms with van der Waals surface area (Å²) in [6, 6.07) is 0. The van der Waals surface area contributed by atoms with Gasteiger partial charge in [0.1, 0.15) is 0 Å². The summed E-state index contributed by atoms with van der Waals surface area (Å²) in [5, 5.41) is 34.3. The maximum Gasteiger partial charge on any atom is 0.0706 e. The lowest BCUT2D eigenvalue weighted by Crippen LogP contribution is -2.57. The van der Waals surface area contributed by atoms with E-state index in [1.54, 1.807) is 0 Å². The van der Waals surface area contributed by atoms with Crippen LogP contribution in [0.5, 0.6) is 0 Å². The smallest absolute Gasteiger partial charge is 0.0706 e. The van der Waals surface area contributed by atoms with E-state index < -0.39 is 0 Å². The highest BCUT2D eigenvalue weighted by molar-refractivity contribution is 4.96. The summed E-state index contributed by atoms with van der Waals surface area (Å²) < 4.78 is 5.87. The van der Waals surface area contributed by atoms with Gasteiger partial charge in [0.15, 0.2) is 0 Å². The molecule has 3 saturated carbocycles. The summed E-state index contributed by atoms with van der Waals surface area (Å²) in [6.45, 7) is 55.8. The second-order valence-corrected chi connectivity index (χ2v) is 32.0. The summed E-state index contributed by atoms with van der Waals surface area (Å²) in [4.78, 5) is 0. The molecule has 11 heterocycles. The molecule has 14 rings (SSSR count). The van der Waals surface area contributed by atoms with Gasteiger partial charge in [0.25, 0.3) is 0 Å². The Morgan fingerprint density at radius 2 is 0.404 bits per heavy atom. The molecule has 0 amide bonds. The van der Waals surface area contributed by atoms with Crippen molar-refractivity contribution in [3.63, 3.8) is 0 Å². The molecule has 0 bridgehead atoms. The van der Waals surface area contributed by atoms with Crippen LogP contribution < -0.4 is 53.2 Å². The Bertz CT molecular complexity index is 1280. The van der Waals surface area contributed by atoms with E-state index in [4.69, 9.17) is 4.74 Å². The minimum Gasteiger partial charge on any atom is -0.375 e. The van der Waals surface area contributed by atoms with Gasteiger partial charge in [0, 0.05) is 39.3 Å². The van der Waals surface area contributed by atoms with Gasteiger partial charge in [-0.1, -0.05) is 201 Å². The van der Waals surface area contributed by atoms with E-state index >= 15 is 0 Å². The molecule has 94 heavy (non-hydrogen) atoms. The number of nitrogens with one attached hydrogen (secondary N) is 10. The Balaban J connectivity index is 0.00000102. The first-order chi connectivity index (χ1) is 45.3. The van der Waals surface area contributed by atoms with Gasteiger partial charge in [-0.05, 0) is 291 Å². The minimum absolute atomic E-state index is 0. The topological polar surface area (TPSA) is 130 Å². The van der Waals surface area contributed by atoms with Crippen molar-refractivity contribution in [3.8, 4) is 0 Å². The molecule has 14 fully saturated rings. The Kier molecular flexibility index (Phi) is 59.9. The molecule has 14 aliphatic rings. The Morgan fingerprint density at radius 3 is 0.649 bits per heavy atom. The first kappa shape index (κ1) is 93.6. The predicted molar refractivity (Wildman–Crippen MR) is 423 cm³/mol. The zero-order valence-corrected chi connectivity index (χ0v) is 66.0. The molecule has 11 saturated heterocycles. The van der Waals surface area contributed by atoms with Crippen LogP contribution in [0.15, 0.2) is 0 Å². The quantitative estimate of drug-likeness (QED) is 0.114. The van der Waals surface area contributed by atoms with Crippen molar-refractivity contribution in [2.75, 3.05) is 138 Å². The van der Waals surface area contributed by atoms with Gasteiger partial charge in [0.2, 0.25) is 0 Å². The third-order valence-corrected chi connectivity index (χ3v) is 22.0. The molecule has 11 heteroatoms. The normalized spacial score (nSPS) is 25.1. The highest BCUT2D eigenvalue weighted by atomic mass is 16.5. The fourth-order valence-electron chi connectivity index (χ4n) is 16.4. The average molecular weight is 1330 g/mol. The summed E-state index contributed by atoms with van der Waals surface area (Å²) in [5.41, 5.74) is 4.77. The highest BCUT2D eigenvalue weighted by Crippen LogP contribution is 2.46. The first-order valence-electron chi connectivity index (χ1n) is 42.0. The first-order valence-corrected chi connectivity index (χ1v) is 42.0. The number of hydrogen-bond donors (Lipinski definition) is 10. The van der Waals surface area contributed by atoms with E-state index in [1.165, 1.54) is 375 Å². The summed E-state index contributed by atoms with van der Waals surface area (Å²) in [5.74, 6) is 0. The SMILES string of the molecule is C.C1CC2(CCN1)CCNC2.C1CC2(CCN1)CCNC2.C1CC2(CCN1)CNC2.C1CCC2(C1)CCNCC2.C1CCC2(CC1)CCCNC2.C1CCC2(CC1)CCNCC2.C1CCC2(CCNCC2)OC1.CCC.CCC.CCC.CCC.CCC.CCC.CCC. The highest BCUT2D eigenvalue weighted by Gasteiger charge is 2.40. The summed E-state index contributed by atoms with van der Waals surface area (Å²) >= 11 is 0. The second-order valence-electron chi connectivity index (χ2n) is 32.0. The Labute approximate surface area is 591 Å². The lowest BCUT2D eigenvalue weighted by molar-refractivity contribution is -0.0952. The standard InChI is InChI=1S/2C10H19N.C9H17NO.C9H17N.2C8H16N2.C7H14N2.7C3H8.CH4/c1-2-5-10(6-3-1)7-4-8-11-9-10;1-2-4-10(5-3-1)6-8-11-9-7-10;1-2-8-11-9(3-1)4-6-10-7-5-9;1-2-4-9(3-1)5-7-10-8-6-9;2*1-4-9-5-2-8(1)3-6-10-7-8;1-3-8-4-2-7(1)5-9-6-7;7*1-3-2;/h2*11H,1-9H2;10H,1-8H2;10H,1-8H2;2*9-10H,1-7H2;8-9H,1-6H2;7*3H2,1-2H3;1H4. The van der Waals surface area contributed by atoms with Crippen LogP contribution in [-0.4, -0.2) is 143 Å². The predicted octanol–water partition coefficient (Wildman–Crippen LogP) is 19.1. The summed E-state index contributed by atoms with van der Waals surface area (Å²) in [7, 11) is 0. The van der Waals surface area contributed by atoms with Crippen LogP contribution in [0, 0.1) is 32.5 Å². The molecule has 0 aromatic carbocycles. The van der Waals surface area contributed by atoms with E-state index in [9.17, 15) is 0 Å². The largest absolute Gasteiger partial charge is 0.375 e. The number of piperidine rings is 7. The van der Waals surface area contributed by atoms with Gasteiger partial charge in [-0.15, -0.1) is 0 Å². The third-order valence-electron chi connectivity index (χ3n) is 22.0. The zero-order chi connectivity index (χ0) is 68.4. The van der Waals surface area contributed by atoms with Crippen molar-refractivity contribution in [1.29, 1.82) is 0 Å². The van der Waals surface area contributed by atoms with Gasteiger partial charge in [0.05, 0.1) is 5.60 Å². The fourth-order valence-corrected chi connectivity index (χ4v) is 16.4. The van der Waals surface area contributed by atoms with Crippen molar-refractivity contribution in [2.45, 2.75) is 367 Å². The van der Waals surface area contributed by atoms with Crippen LogP contribution in [0.25, 0.3) is 0 Å². The molecule has 11 aliphatic heterocycles. The van der Waals surface area contributed by atoms with Crippen molar-refractivity contribution in [3.05, 3.63) is 0 Å². The van der Waals surface area contributed by atoms with Crippen molar-refractivity contribution in [2.24, 2.45) is 32.5 Å². The van der Waals surface area contributed by atoms with Crippen molar-refractivity contribution in [1.82, 2.24) is 53.2 Å². The van der Waals surface area contributed by atoms with Gasteiger partial charge in [-0.25, -0.2) is 0 Å². The number of ether oxygens (including phenoxy) is 1. The molecular formula is C83H178N10O. The molecule has 7 spiro atoms. The van der Waals surface area contributed by atoms with Gasteiger partial charge in [-0.3, -0.25) is 0 Å². The second kappa shape index (κ2) is 60.2. The van der Waals surface area contributed by atoms with Gasteiger partial charge in [-0.2, -0.15) is 0 Å². The van der Waals surface area contributed by atoms with Gasteiger partial charge >= 0.3 is 0 Å². The molecule has 0 aromatic heterocycles. The van der Waals surface area contributed by atoms with Crippen molar-refractivity contribution >= 4 is 0 Å². The molecule has 10 N–H and O–H groups in total. The van der Waals surface area contributed by atoms with E-state index in [0.29, 0.717) is 16.4 Å². The maximum atomic E-state index is 5.87. The number of rotatable bonds is 0.